The first-order valence-electron chi connectivity index (χ1n) is 16.3. The monoisotopic (exact) mass is 602 g/mol. The van der Waals surface area contributed by atoms with Crippen LogP contribution in [-0.4, -0.2) is 0 Å². The number of ether oxygens (including phenoxy) is 2. The van der Waals surface area contributed by atoms with Gasteiger partial charge in [-0.1, -0.05) is 39.8 Å². The van der Waals surface area contributed by atoms with Gasteiger partial charge in [0.05, 0.1) is 0 Å². The Morgan fingerprint density at radius 3 is 1.09 bits per heavy atom. The lowest BCUT2D eigenvalue weighted by Gasteiger charge is -2.31. The SMILES string of the molecule is Cc1c(C)c(Oc2ccc3c(c2)C2(CC3(C)C)CC(C)(C)c3ccc(Oc4c(C)c(C)c(N)c(C)c4C)cc32)c(C)c(C)c1N. The predicted octanol–water partition coefficient (Wildman–Crippen LogP) is 10.6. The quantitative estimate of drug-likeness (QED) is 0.228. The van der Waals surface area contributed by atoms with Gasteiger partial charge in [-0.15, -0.1) is 0 Å². The molecule has 4 N–H and O–H groups in total. The Kier molecular flexibility index (Phi) is 6.93. The molecule has 2 aliphatic carbocycles. The lowest BCUT2D eigenvalue weighted by molar-refractivity contribution is 0.349. The van der Waals surface area contributed by atoms with Crippen LogP contribution in [0.3, 0.4) is 0 Å². The van der Waals surface area contributed by atoms with Crippen LogP contribution in [0.5, 0.6) is 23.0 Å². The van der Waals surface area contributed by atoms with Gasteiger partial charge < -0.3 is 20.9 Å². The van der Waals surface area contributed by atoms with Crippen molar-refractivity contribution in [1.82, 2.24) is 0 Å². The zero-order chi connectivity index (χ0) is 33.0. The highest BCUT2D eigenvalue weighted by Gasteiger charge is 2.56. The molecular formula is C41H50N2O2. The second-order valence-corrected chi connectivity index (χ2v) is 15.3. The molecule has 45 heavy (non-hydrogen) atoms. The van der Waals surface area contributed by atoms with Crippen LogP contribution in [0, 0.1) is 55.4 Å². The number of hydrogen-bond donors (Lipinski definition) is 2. The maximum absolute atomic E-state index is 6.76. The molecule has 2 aliphatic rings. The molecule has 0 atom stereocenters. The van der Waals surface area contributed by atoms with Crippen LogP contribution in [-0.2, 0) is 16.2 Å². The smallest absolute Gasteiger partial charge is 0.133 e. The molecule has 6 rings (SSSR count). The van der Waals surface area contributed by atoms with E-state index >= 15 is 0 Å². The maximum atomic E-state index is 6.76. The molecule has 0 unspecified atom stereocenters. The van der Waals surface area contributed by atoms with Crippen molar-refractivity contribution in [2.75, 3.05) is 11.5 Å². The van der Waals surface area contributed by atoms with Gasteiger partial charge in [-0.3, -0.25) is 0 Å². The first-order valence-corrected chi connectivity index (χ1v) is 16.3. The van der Waals surface area contributed by atoms with Gasteiger partial charge in [0, 0.05) is 16.8 Å². The number of nitrogen functional groups attached to an aromatic ring is 2. The highest BCUT2D eigenvalue weighted by atomic mass is 16.5. The van der Waals surface area contributed by atoms with E-state index in [2.05, 4.69) is 119 Å². The van der Waals surface area contributed by atoms with Crippen LogP contribution in [0.15, 0.2) is 36.4 Å². The van der Waals surface area contributed by atoms with Crippen molar-refractivity contribution < 1.29 is 9.47 Å². The molecule has 0 saturated heterocycles. The molecule has 0 amide bonds. The Morgan fingerprint density at radius 1 is 0.467 bits per heavy atom. The third-order valence-electron chi connectivity index (χ3n) is 11.6. The van der Waals surface area contributed by atoms with Gasteiger partial charge >= 0.3 is 0 Å². The molecule has 0 radical (unpaired) electrons. The van der Waals surface area contributed by atoms with Crippen molar-refractivity contribution in [2.45, 2.75) is 112 Å². The summed E-state index contributed by atoms with van der Waals surface area (Å²) in [4.78, 5) is 0. The molecule has 0 heterocycles. The molecule has 1 spiro atoms. The second kappa shape index (κ2) is 10.0. The van der Waals surface area contributed by atoms with E-state index in [0.29, 0.717) is 0 Å². The summed E-state index contributed by atoms with van der Waals surface area (Å²) in [5.74, 6) is 3.57. The molecule has 4 aromatic carbocycles. The summed E-state index contributed by atoms with van der Waals surface area (Å²) in [6.45, 7) is 26.3. The summed E-state index contributed by atoms with van der Waals surface area (Å²) in [7, 11) is 0. The van der Waals surface area contributed by atoms with Crippen LogP contribution >= 0.6 is 0 Å². The van der Waals surface area contributed by atoms with Crippen LogP contribution in [0.25, 0.3) is 0 Å². The summed E-state index contributed by atoms with van der Waals surface area (Å²) in [5.41, 5.74) is 28.7. The highest BCUT2D eigenvalue weighted by molar-refractivity contribution is 5.68. The van der Waals surface area contributed by atoms with Gasteiger partial charge in [0.2, 0.25) is 0 Å². The zero-order valence-corrected chi connectivity index (χ0v) is 29.3. The number of hydrogen-bond acceptors (Lipinski definition) is 4. The number of nitrogens with two attached hydrogens (primary N) is 2. The van der Waals surface area contributed by atoms with Crippen molar-refractivity contribution in [3.63, 3.8) is 0 Å². The van der Waals surface area contributed by atoms with E-state index in [1.807, 2.05) is 0 Å². The zero-order valence-electron chi connectivity index (χ0n) is 29.3. The number of fused-ring (bicyclic) bond motifs is 4. The molecule has 4 nitrogen and oxygen atoms in total. The van der Waals surface area contributed by atoms with Crippen molar-refractivity contribution in [1.29, 1.82) is 0 Å². The summed E-state index contributed by atoms with van der Waals surface area (Å²) in [5, 5.41) is 0. The molecule has 0 saturated carbocycles. The van der Waals surface area contributed by atoms with Gasteiger partial charge in [-0.05, 0) is 170 Å². The summed E-state index contributed by atoms with van der Waals surface area (Å²) < 4.78 is 13.5. The minimum Gasteiger partial charge on any atom is -0.457 e. The Morgan fingerprint density at radius 2 is 0.778 bits per heavy atom. The minimum atomic E-state index is -0.148. The number of anilines is 2. The van der Waals surface area contributed by atoms with Gasteiger partial charge in [0.25, 0.3) is 0 Å². The fourth-order valence-corrected chi connectivity index (χ4v) is 8.59. The van der Waals surface area contributed by atoms with Crippen LogP contribution < -0.4 is 20.9 Å². The molecular weight excluding hydrogens is 552 g/mol. The van der Waals surface area contributed by atoms with Crippen LogP contribution in [0.1, 0.15) is 107 Å². The third-order valence-corrected chi connectivity index (χ3v) is 11.6. The van der Waals surface area contributed by atoms with Gasteiger partial charge in [-0.25, -0.2) is 0 Å². The van der Waals surface area contributed by atoms with E-state index < -0.39 is 0 Å². The molecule has 0 bridgehead atoms. The number of rotatable bonds is 4. The lowest BCUT2D eigenvalue weighted by Crippen LogP contribution is -2.27. The first kappa shape index (κ1) is 31.1. The number of benzene rings is 4. The second-order valence-electron chi connectivity index (χ2n) is 15.3. The molecule has 4 heteroatoms. The predicted molar refractivity (Wildman–Crippen MR) is 189 cm³/mol. The van der Waals surface area contributed by atoms with Crippen LogP contribution in [0.4, 0.5) is 11.4 Å². The van der Waals surface area contributed by atoms with E-state index in [-0.39, 0.29) is 16.2 Å². The summed E-state index contributed by atoms with van der Waals surface area (Å²) in [6.07, 6.45) is 2.07. The van der Waals surface area contributed by atoms with Crippen LogP contribution in [0.2, 0.25) is 0 Å². The van der Waals surface area contributed by atoms with Crippen molar-refractivity contribution >= 4 is 11.4 Å². The fraction of sp³-hybridized carbons (Fsp3) is 0.415. The molecule has 4 aromatic rings. The van der Waals surface area contributed by atoms with Gasteiger partial charge in [0.1, 0.15) is 23.0 Å². The molecule has 0 fully saturated rings. The van der Waals surface area contributed by atoms with E-state index in [1.54, 1.807) is 0 Å². The lowest BCUT2D eigenvalue weighted by atomic mass is 9.72. The highest BCUT2D eigenvalue weighted by Crippen LogP contribution is 2.63. The van der Waals surface area contributed by atoms with Crippen molar-refractivity contribution in [3.05, 3.63) is 103 Å². The standard InChI is InChI=1S/C41H50N2O2/c1-21-25(5)37(26(6)22(2)35(21)42)44-29-13-15-31-33(17-29)41(19-39(31,9)10)20-40(11,12)32-16-14-30(18-34(32)41)45-38-27(7)23(3)36(43)24(4)28(38)8/h13-18H,19-20,42-43H2,1-12H3. The molecule has 0 aromatic heterocycles. The van der Waals surface area contributed by atoms with Gasteiger partial charge in [0.15, 0.2) is 0 Å². The van der Waals surface area contributed by atoms with Gasteiger partial charge in [-0.2, -0.15) is 0 Å². The summed E-state index contributed by atoms with van der Waals surface area (Å²) >= 11 is 0. The Balaban J connectivity index is 1.49. The average molecular weight is 603 g/mol. The van der Waals surface area contributed by atoms with E-state index in [9.17, 15) is 0 Å². The summed E-state index contributed by atoms with van der Waals surface area (Å²) in [6, 6.07) is 13.6. The normalized spacial score (nSPS) is 17.0. The van der Waals surface area contributed by atoms with E-state index in [1.165, 1.54) is 22.3 Å². The average Bonchev–Trinajstić information content (AvgIpc) is 3.36. The Labute approximate surface area is 270 Å². The largest absolute Gasteiger partial charge is 0.457 e. The Hall–Kier alpha value is -3.92. The van der Waals surface area contributed by atoms with Crippen molar-refractivity contribution in [2.24, 2.45) is 0 Å². The third kappa shape index (κ3) is 4.47. The van der Waals surface area contributed by atoms with E-state index in [0.717, 1.165) is 91.7 Å². The van der Waals surface area contributed by atoms with Crippen molar-refractivity contribution in [3.8, 4) is 23.0 Å². The fourth-order valence-electron chi connectivity index (χ4n) is 8.59. The topological polar surface area (TPSA) is 70.5 Å². The Bertz CT molecular complexity index is 1710. The maximum Gasteiger partial charge on any atom is 0.133 e. The molecule has 0 aliphatic heterocycles. The first-order chi connectivity index (χ1) is 20.9. The van der Waals surface area contributed by atoms with E-state index in [4.69, 9.17) is 20.9 Å². The minimum absolute atomic E-state index is 0.0149. The molecule has 236 valence electrons.